The number of nitrogens with zero attached hydrogens (tertiary/aromatic N) is 2. The van der Waals surface area contributed by atoms with Crippen molar-refractivity contribution in [3.8, 4) is 73.1 Å². The van der Waals surface area contributed by atoms with E-state index in [0.717, 1.165) is 44.8 Å². The first-order valence-corrected chi connectivity index (χ1v) is 17.5. The Morgan fingerprint density at radius 2 is 0.846 bits per heavy atom. The van der Waals surface area contributed by atoms with Crippen LogP contribution in [-0.2, 0) is 0 Å². The minimum Gasteiger partial charge on any atom is -0.248 e. The van der Waals surface area contributed by atoms with Crippen LogP contribution in [-0.4, -0.2) is 4.98 Å². The summed E-state index contributed by atoms with van der Waals surface area (Å²) in [7, 11) is 0. The molecular formula is C50H32N2. The van der Waals surface area contributed by atoms with E-state index in [1.165, 1.54) is 43.8 Å². The fourth-order valence-corrected chi connectivity index (χ4v) is 7.37. The minimum atomic E-state index is 0.663. The van der Waals surface area contributed by atoms with E-state index in [9.17, 15) is 5.26 Å². The lowest BCUT2D eigenvalue weighted by molar-refractivity contribution is 1.32. The molecule has 0 saturated carbocycles. The Kier molecular flexibility index (Phi) is 7.93. The van der Waals surface area contributed by atoms with Crippen LogP contribution in [0, 0.1) is 11.3 Å². The first-order valence-electron chi connectivity index (χ1n) is 17.5. The number of rotatable bonds is 6. The Hall–Kier alpha value is -7.08. The number of fused-ring (bicyclic) bond motifs is 2. The van der Waals surface area contributed by atoms with Gasteiger partial charge in [-0.05, 0) is 90.3 Å². The van der Waals surface area contributed by atoms with Gasteiger partial charge in [-0.2, -0.15) is 5.26 Å². The van der Waals surface area contributed by atoms with Gasteiger partial charge in [-0.3, -0.25) is 0 Å². The van der Waals surface area contributed by atoms with Gasteiger partial charge in [0, 0.05) is 11.1 Å². The summed E-state index contributed by atoms with van der Waals surface area (Å²) in [4.78, 5) is 5.08. The quantitative estimate of drug-likeness (QED) is 0.178. The second-order valence-corrected chi connectivity index (χ2v) is 13.0. The molecule has 2 heteroatoms. The van der Waals surface area contributed by atoms with Crippen molar-refractivity contribution in [2.75, 3.05) is 0 Å². The molecule has 0 spiro atoms. The largest absolute Gasteiger partial charge is 0.248 e. The Morgan fingerprint density at radius 1 is 0.346 bits per heavy atom. The van der Waals surface area contributed by atoms with Crippen LogP contribution in [0.1, 0.15) is 5.56 Å². The summed E-state index contributed by atoms with van der Waals surface area (Å²) < 4.78 is 0. The van der Waals surface area contributed by atoms with Crippen LogP contribution in [0.2, 0.25) is 0 Å². The van der Waals surface area contributed by atoms with Crippen molar-refractivity contribution in [2.24, 2.45) is 0 Å². The van der Waals surface area contributed by atoms with Crippen LogP contribution in [0.3, 0.4) is 0 Å². The second kappa shape index (κ2) is 13.3. The van der Waals surface area contributed by atoms with E-state index in [1.807, 2.05) is 36.4 Å². The molecule has 9 aromatic rings. The molecule has 1 aromatic heterocycles. The van der Waals surface area contributed by atoms with Crippen LogP contribution in [0.5, 0.6) is 0 Å². The molecule has 0 unspecified atom stereocenters. The molecule has 0 atom stereocenters. The number of benzene rings is 8. The minimum absolute atomic E-state index is 0.663. The lowest BCUT2D eigenvalue weighted by atomic mass is 9.87. The zero-order valence-corrected chi connectivity index (χ0v) is 28.4. The number of pyridine rings is 1. The first-order chi connectivity index (χ1) is 25.7. The van der Waals surface area contributed by atoms with Gasteiger partial charge >= 0.3 is 0 Å². The van der Waals surface area contributed by atoms with E-state index in [4.69, 9.17) is 4.98 Å². The number of hydrogen-bond donors (Lipinski definition) is 0. The summed E-state index contributed by atoms with van der Waals surface area (Å²) >= 11 is 0. The summed E-state index contributed by atoms with van der Waals surface area (Å²) in [5, 5.41) is 14.2. The standard InChI is InChI=1S/C50H32N2/c51-33-34-21-23-36(24-22-34)42-29-30-46(45-18-8-7-17-44(42)45)47-20-10-16-40-15-9-19-43(50(40)47)37-27-25-35(26-28-37)41-31-48(38-11-3-1-4-12-38)52-49(32-41)39-13-5-2-6-14-39/h1-32H. The molecule has 9 rings (SSSR count). The van der Waals surface area contributed by atoms with E-state index in [0.29, 0.717) is 5.56 Å². The number of aromatic nitrogens is 1. The third kappa shape index (κ3) is 5.71. The van der Waals surface area contributed by atoms with E-state index in [1.54, 1.807) is 0 Å². The predicted octanol–water partition coefficient (Wildman–Crippen LogP) is 13.3. The maximum Gasteiger partial charge on any atom is 0.0991 e. The molecule has 0 amide bonds. The van der Waals surface area contributed by atoms with Gasteiger partial charge in [0.1, 0.15) is 0 Å². The molecule has 0 aliphatic rings. The van der Waals surface area contributed by atoms with Gasteiger partial charge in [-0.15, -0.1) is 0 Å². The highest BCUT2D eigenvalue weighted by molar-refractivity contribution is 6.13. The Balaban J connectivity index is 1.15. The molecule has 242 valence electrons. The van der Waals surface area contributed by atoms with Crippen LogP contribution in [0.25, 0.3) is 88.6 Å². The van der Waals surface area contributed by atoms with Gasteiger partial charge in [-0.25, -0.2) is 4.98 Å². The summed E-state index contributed by atoms with van der Waals surface area (Å²) in [5.74, 6) is 0. The van der Waals surface area contributed by atoms with Crippen molar-refractivity contribution < 1.29 is 0 Å². The highest BCUT2D eigenvalue weighted by atomic mass is 14.7. The summed E-state index contributed by atoms with van der Waals surface area (Å²) in [6.07, 6.45) is 0. The molecule has 0 aliphatic carbocycles. The van der Waals surface area contributed by atoms with Crippen molar-refractivity contribution in [3.63, 3.8) is 0 Å². The highest BCUT2D eigenvalue weighted by Gasteiger charge is 2.15. The van der Waals surface area contributed by atoms with Crippen molar-refractivity contribution in [1.82, 2.24) is 4.98 Å². The molecule has 0 bridgehead atoms. The van der Waals surface area contributed by atoms with E-state index in [2.05, 4.69) is 164 Å². The molecule has 0 fully saturated rings. The Labute approximate surface area is 303 Å². The Bertz CT molecular complexity index is 2700. The van der Waals surface area contributed by atoms with Crippen molar-refractivity contribution in [3.05, 3.63) is 200 Å². The molecule has 1 heterocycles. The van der Waals surface area contributed by atoms with Gasteiger partial charge in [0.15, 0.2) is 0 Å². The molecule has 2 nitrogen and oxygen atoms in total. The summed E-state index contributed by atoms with van der Waals surface area (Å²) in [6.45, 7) is 0. The van der Waals surface area contributed by atoms with Gasteiger partial charge in [0.2, 0.25) is 0 Å². The van der Waals surface area contributed by atoms with Gasteiger partial charge in [0.05, 0.1) is 23.0 Å². The average Bonchev–Trinajstić information content (AvgIpc) is 3.23. The first kappa shape index (κ1) is 30.9. The lowest BCUT2D eigenvalue weighted by Gasteiger charge is -2.16. The zero-order valence-electron chi connectivity index (χ0n) is 28.4. The SMILES string of the molecule is N#Cc1ccc(-c2ccc(-c3cccc4cccc(-c5ccc(-c6cc(-c7ccccc7)nc(-c7ccccc7)c6)cc5)c34)c3ccccc23)cc1. The third-order valence-corrected chi connectivity index (χ3v) is 9.94. The van der Waals surface area contributed by atoms with E-state index < -0.39 is 0 Å². The van der Waals surface area contributed by atoms with Crippen molar-refractivity contribution in [2.45, 2.75) is 0 Å². The normalized spacial score (nSPS) is 11.1. The van der Waals surface area contributed by atoms with Crippen LogP contribution >= 0.6 is 0 Å². The maximum atomic E-state index is 9.34. The smallest absolute Gasteiger partial charge is 0.0991 e. The lowest BCUT2D eigenvalue weighted by Crippen LogP contribution is -1.91. The summed E-state index contributed by atoms with van der Waals surface area (Å²) in [5.41, 5.74) is 14.1. The van der Waals surface area contributed by atoms with Crippen molar-refractivity contribution >= 4 is 21.5 Å². The summed E-state index contributed by atoms with van der Waals surface area (Å²) in [6, 6.07) is 70.5. The third-order valence-electron chi connectivity index (χ3n) is 9.94. The molecule has 8 aromatic carbocycles. The average molecular weight is 661 g/mol. The highest BCUT2D eigenvalue weighted by Crippen LogP contribution is 2.42. The van der Waals surface area contributed by atoms with Crippen LogP contribution in [0.4, 0.5) is 0 Å². The predicted molar refractivity (Wildman–Crippen MR) is 217 cm³/mol. The van der Waals surface area contributed by atoms with Gasteiger partial charge in [-0.1, -0.05) is 170 Å². The fourth-order valence-electron chi connectivity index (χ4n) is 7.37. The van der Waals surface area contributed by atoms with E-state index in [-0.39, 0.29) is 0 Å². The molecule has 0 saturated heterocycles. The number of nitriles is 1. The molecular weight excluding hydrogens is 629 g/mol. The zero-order chi connectivity index (χ0) is 34.9. The molecule has 0 radical (unpaired) electrons. The molecule has 0 N–H and O–H groups in total. The second-order valence-electron chi connectivity index (χ2n) is 13.0. The molecule has 52 heavy (non-hydrogen) atoms. The van der Waals surface area contributed by atoms with Crippen LogP contribution < -0.4 is 0 Å². The number of hydrogen-bond acceptors (Lipinski definition) is 2. The van der Waals surface area contributed by atoms with Crippen molar-refractivity contribution in [1.29, 1.82) is 5.26 Å². The molecule has 0 aliphatic heterocycles. The van der Waals surface area contributed by atoms with E-state index >= 15 is 0 Å². The topological polar surface area (TPSA) is 36.7 Å². The fraction of sp³-hybridized carbons (Fsp3) is 0. The monoisotopic (exact) mass is 660 g/mol. The Morgan fingerprint density at radius 3 is 1.46 bits per heavy atom. The van der Waals surface area contributed by atoms with Gasteiger partial charge < -0.3 is 0 Å². The van der Waals surface area contributed by atoms with Gasteiger partial charge in [0.25, 0.3) is 0 Å². The maximum absolute atomic E-state index is 9.34. The van der Waals surface area contributed by atoms with Crippen LogP contribution in [0.15, 0.2) is 194 Å².